The van der Waals surface area contributed by atoms with Crippen LogP contribution in [0.1, 0.15) is 44.2 Å². The van der Waals surface area contributed by atoms with E-state index in [1.807, 2.05) is 19.1 Å². The van der Waals surface area contributed by atoms with Gasteiger partial charge in [-0.2, -0.15) is 0 Å². The number of carbonyl (C=O) groups is 2. The molecule has 1 aliphatic heterocycles. The predicted octanol–water partition coefficient (Wildman–Crippen LogP) is 3.73. The van der Waals surface area contributed by atoms with Crippen molar-refractivity contribution in [2.45, 2.75) is 51.6 Å². The summed E-state index contributed by atoms with van der Waals surface area (Å²) in [6, 6.07) is 5.45. The van der Waals surface area contributed by atoms with Crippen LogP contribution in [0, 0.1) is 12.8 Å². The number of hydrogen-bond donors (Lipinski definition) is 1. The molecule has 0 atom stereocenters. The zero-order valence-corrected chi connectivity index (χ0v) is 15.3. The summed E-state index contributed by atoms with van der Waals surface area (Å²) in [6.07, 6.45) is 4.77. The van der Waals surface area contributed by atoms with Gasteiger partial charge in [0.05, 0.1) is 6.61 Å². The van der Waals surface area contributed by atoms with E-state index in [0.717, 1.165) is 57.3 Å². The lowest BCUT2D eigenvalue weighted by Gasteiger charge is -2.28. The number of likely N-dealkylation sites (tertiary alicyclic amines) is 1. The van der Waals surface area contributed by atoms with Crippen molar-refractivity contribution in [1.82, 2.24) is 9.88 Å². The van der Waals surface area contributed by atoms with E-state index in [0.29, 0.717) is 18.3 Å². The van der Waals surface area contributed by atoms with E-state index in [1.165, 1.54) is 0 Å². The van der Waals surface area contributed by atoms with Crippen molar-refractivity contribution in [3.05, 3.63) is 23.9 Å². The van der Waals surface area contributed by atoms with E-state index < -0.39 is 6.09 Å². The molecule has 2 amide bonds. The molecule has 2 fully saturated rings. The number of rotatable bonds is 4. The number of anilines is 1. The summed E-state index contributed by atoms with van der Waals surface area (Å²) in [4.78, 5) is 29.9. The standard InChI is InChI=1S/C19H27N3O4/c1-14-5-4-6-17(20-14)21-18(23)26-16-9-7-15(8-10-16)13-25-19(24)22-11-2-3-12-22/h4-6,15-16H,2-3,7-13H2,1H3,(H,20,21,23). The van der Waals surface area contributed by atoms with Crippen LogP contribution in [0.5, 0.6) is 0 Å². The molecule has 0 bridgehead atoms. The number of hydrogen-bond acceptors (Lipinski definition) is 5. The Morgan fingerprint density at radius 1 is 1.19 bits per heavy atom. The number of carbonyl (C=O) groups excluding carboxylic acids is 2. The highest BCUT2D eigenvalue weighted by Gasteiger charge is 2.26. The van der Waals surface area contributed by atoms with E-state index in [9.17, 15) is 9.59 Å². The Bertz CT molecular complexity index is 623. The number of nitrogens with zero attached hydrogens (tertiary/aromatic N) is 2. The smallest absolute Gasteiger partial charge is 0.413 e. The summed E-state index contributed by atoms with van der Waals surface area (Å²) in [5.41, 5.74) is 0.840. The molecule has 1 aromatic rings. The van der Waals surface area contributed by atoms with Gasteiger partial charge in [-0.25, -0.2) is 14.6 Å². The molecule has 0 spiro atoms. The molecular formula is C19H27N3O4. The highest BCUT2D eigenvalue weighted by Crippen LogP contribution is 2.27. The number of pyridine rings is 1. The second-order valence-electron chi connectivity index (χ2n) is 7.11. The molecule has 2 heterocycles. The van der Waals surface area contributed by atoms with Crippen LogP contribution < -0.4 is 5.32 Å². The minimum absolute atomic E-state index is 0.0923. The van der Waals surface area contributed by atoms with E-state index in [2.05, 4.69) is 10.3 Å². The normalized spacial score (nSPS) is 22.7. The Hall–Kier alpha value is -2.31. The Morgan fingerprint density at radius 3 is 2.62 bits per heavy atom. The summed E-state index contributed by atoms with van der Waals surface area (Å²) in [5.74, 6) is 0.848. The van der Waals surface area contributed by atoms with Crippen LogP contribution in [0.15, 0.2) is 18.2 Å². The van der Waals surface area contributed by atoms with Crippen molar-refractivity contribution in [2.75, 3.05) is 25.0 Å². The van der Waals surface area contributed by atoms with Crippen LogP contribution in [0.4, 0.5) is 15.4 Å². The maximum absolute atomic E-state index is 12.0. The van der Waals surface area contributed by atoms with Gasteiger partial charge in [0.2, 0.25) is 0 Å². The molecule has 1 aliphatic carbocycles. The maximum atomic E-state index is 12.0. The largest absolute Gasteiger partial charge is 0.449 e. The van der Waals surface area contributed by atoms with Crippen molar-refractivity contribution in [1.29, 1.82) is 0 Å². The first-order valence-electron chi connectivity index (χ1n) is 9.43. The third kappa shape index (κ3) is 5.34. The zero-order valence-electron chi connectivity index (χ0n) is 15.3. The van der Waals surface area contributed by atoms with E-state index >= 15 is 0 Å². The van der Waals surface area contributed by atoms with Gasteiger partial charge in [-0.1, -0.05) is 6.07 Å². The van der Waals surface area contributed by atoms with Gasteiger partial charge in [0.15, 0.2) is 0 Å². The fraction of sp³-hybridized carbons (Fsp3) is 0.632. The summed E-state index contributed by atoms with van der Waals surface area (Å²) in [5, 5.41) is 2.67. The molecule has 142 valence electrons. The molecular weight excluding hydrogens is 334 g/mol. The summed E-state index contributed by atoms with van der Waals surface area (Å²) < 4.78 is 10.9. The Morgan fingerprint density at radius 2 is 1.92 bits per heavy atom. The summed E-state index contributed by atoms with van der Waals surface area (Å²) >= 11 is 0. The maximum Gasteiger partial charge on any atom is 0.413 e. The molecule has 1 aromatic heterocycles. The number of aryl methyl sites for hydroxylation is 1. The van der Waals surface area contributed by atoms with Crippen LogP contribution >= 0.6 is 0 Å². The van der Waals surface area contributed by atoms with Gasteiger partial charge in [0.25, 0.3) is 0 Å². The molecule has 0 unspecified atom stereocenters. The second kappa shape index (κ2) is 8.87. The quantitative estimate of drug-likeness (QED) is 0.884. The zero-order chi connectivity index (χ0) is 18.4. The van der Waals surface area contributed by atoms with Crippen LogP contribution in [0.25, 0.3) is 0 Å². The van der Waals surface area contributed by atoms with Gasteiger partial charge in [-0.3, -0.25) is 5.32 Å². The molecule has 1 N–H and O–H groups in total. The van der Waals surface area contributed by atoms with Crippen molar-refractivity contribution < 1.29 is 19.1 Å². The first-order valence-corrected chi connectivity index (χ1v) is 9.43. The minimum Gasteiger partial charge on any atom is -0.449 e. The van der Waals surface area contributed by atoms with Crippen molar-refractivity contribution in [3.8, 4) is 0 Å². The minimum atomic E-state index is -0.466. The lowest BCUT2D eigenvalue weighted by molar-refractivity contribution is 0.0499. The average Bonchev–Trinajstić information content (AvgIpc) is 3.15. The molecule has 2 aliphatic rings. The van der Waals surface area contributed by atoms with Crippen LogP contribution in [0.3, 0.4) is 0 Å². The molecule has 1 saturated heterocycles. The van der Waals surface area contributed by atoms with Gasteiger partial charge < -0.3 is 14.4 Å². The highest BCUT2D eigenvalue weighted by atomic mass is 16.6. The SMILES string of the molecule is Cc1cccc(NC(=O)OC2CCC(COC(=O)N3CCCC3)CC2)n1. The van der Waals surface area contributed by atoms with Crippen LogP contribution in [0.2, 0.25) is 0 Å². The highest BCUT2D eigenvalue weighted by molar-refractivity contribution is 5.83. The number of amides is 2. The number of aromatic nitrogens is 1. The third-order valence-electron chi connectivity index (χ3n) is 4.99. The fourth-order valence-corrected chi connectivity index (χ4v) is 3.49. The predicted molar refractivity (Wildman–Crippen MR) is 97.0 cm³/mol. The summed E-state index contributed by atoms with van der Waals surface area (Å²) in [7, 11) is 0. The molecule has 7 nitrogen and oxygen atoms in total. The molecule has 0 aromatic carbocycles. The van der Waals surface area contributed by atoms with Gasteiger partial charge in [0, 0.05) is 18.8 Å². The van der Waals surface area contributed by atoms with E-state index in [4.69, 9.17) is 9.47 Å². The average molecular weight is 361 g/mol. The van der Waals surface area contributed by atoms with E-state index in [1.54, 1.807) is 11.0 Å². The topological polar surface area (TPSA) is 80.8 Å². The molecule has 1 saturated carbocycles. The Balaban J connectivity index is 1.34. The molecule has 3 rings (SSSR count). The fourth-order valence-electron chi connectivity index (χ4n) is 3.49. The Labute approximate surface area is 154 Å². The van der Waals surface area contributed by atoms with Gasteiger partial charge in [-0.05, 0) is 63.5 Å². The van der Waals surface area contributed by atoms with Crippen molar-refractivity contribution >= 4 is 18.0 Å². The molecule has 7 heteroatoms. The van der Waals surface area contributed by atoms with Gasteiger partial charge in [-0.15, -0.1) is 0 Å². The first-order chi connectivity index (χ1) is 12.6. The lowest BCUT2D eigenvalue weighted by Crippen LogP contribution is -2.32. The van der Waals surface area contributed by atoms with E-state index in [-0.39, 0.29) is 12.2 Å². The van der Waals surface area contributed by atoms with Gasteiger partial charge >= 0.3 is 12.2 Å². The summed E-state index contributed by atoms with van der Waals surface area (Å²) in [6.45, 7) is 3.95. The van der Waals surface area contributed by atoms with Crippen molar-refractivity contribution in [2.24, 2.45) is 5.92 Å². The molecule has 0 radical (unpaired) electrons. The van der Waals surface area contributed by atoms with Crippen LogP contribution in [-0.4, -0.2) is 47.9 Å². The Kier molecular flexibility index (Phi) is 6.30. The van der Waals surface area contributed by atoms with Crippen LogP contribution in [-0.2, 0) is 9.47 Å². The van der Waals surface area contributed by atoms with Crippen molar-refractivity contribution in [3.63, 3.8) is 0 Å². The second-order valence-corrected chi connectivity index (χ2v) is 7.11. The number of ether oxygens (including phenoxy) is 2. The van der Waals surface area contributed by atoms with Gasteiger partial charge in [0.1, 0.15) is 11.9 Å². The molecule has 26 heavy (non-hydrogen) atoms. The monoisotopic (exact) mass is 361 g/mol. The number of nitrogens with one attached hydrogen (secondary N) is 1. The third-order valence-corrected chi connectivity index (χ3v) is 4.99. The lowest BCUT2D eigenvalue weighted by atomic mass is 9.88. The first kappa shape index (κ1) is 18.5.